The SMILES string of the molecule is CO[C@H]1[C@H](O[C@H]2O[C@H](CO)[C@@H](O)[C@H](O)[C@@H]2O[C@@H]2O[C@H](CO)[C@@H](O)[C@H](O)[C@H]2NC(C)=O)[C@H](O)[C@H](O)O[C@@H]1CO[C@H]1O[C@H](CO)[C@@H](O)[C@H](O)[C@@H]1O[C@@H]1O[C@H](CO)[C@@H](O)[C@H](O)[C@H]1NC(C)=O. The highest BCUT2D eigenvalue weighted by Gasteiger charge is 2.56. The van der Waals surface area contributed by atoms with Crippen LogP contribution in [0.3, 0.4) is 0 Å². The minimum absolute atomic E-state index is 0.711. The molecule has 0 saturated carbocycles. The van der Waals surface area contributed by atoms with E-state index in [4.69, 9.17) is 47.4 Å². The van der Waals surface area contributed by atoms with E-state index < -0.39 is 198 Å². The molecule has 0 radical (unpaired) electrons. The van der Waals surface area contributed by atoms with E-state index in [0.717, 1.165) is 21.0 Å². The van der Waals surface area contributed by atoms with Gasteiger partial charge in [0.25, 0.3) is 0 Å². The quantitative estimate of drug-likeness (QED) is 0.0683. The zero-order chi connectivity index (χ0) is 46.6. The van der Waals surface area contributed by atoms with Crippen molar-refractivity contribution in [1.82, 2.24) is 10.6 Å². The van der Waals surface area contributed by atoms with Gasteiger partial charge in [-0.05, 0) is 0 Å². The molecule has 5 saturated heterocycles. The van der Waals surface area contributed by atoms with Crippen LogP contribution in [-0.4, -0.2) is 277 Å². The first-order chi connectivity index (χ1) is 29.8. The lowest BCUT2D eigenvalue weighted by Crippen LogP contribution is -2.69. The molecule has 63 heavy (non-hydrogen) atoms. The molecule has 5 heterocycles. The van der Waals surface area contributed by atoms with Gasteiger partial charge in [0.05, 0.1) is 33.0 Å². The van der Waals surface area contributed by atoms with E-state index in [0.29, 0.717) is 0 Å². The van der Waals surface area contributed by atoms with E-state index >= 15 is 0 Å². The van der Waals surface area contributed by atoms with Gasteiger partial charge in [-0.2, -0.15) is 0 Å². The molecule has 0 unspecified atom stereocenters. The van der Waals surface area contributed by atoms with Gasteiger partial charge in [-0.15, -0.1) is 0 Å². The monoisotopic (exact) mass is 924 g/mol. The Morgan fingerprint density at radius 3 is 1.21 bits per heavy atom. The molecule has 5 aliphatic rings. The molecule has 16 N–H and O–H groups in total. The van der Waals surface area contributed by atoms with E-state index in [1.807, 2.05) is 0 Å². The Morgan fingerprint density at radius 2 is 0.810 bits per heavy atom. The van der Waals surface area contributed by atoms with Crippen LogP contribution in [0.5, 0.6) is 0 Å². The van der Waals surface area contributed by atoms with Crippen LogP contribution in [0, 0.1) is 0 Å². The van der Waals surface area contributed by atoms with Gasteiger partial charge in [0.15, 0.2) is 31.5 Å². The number of hydrogen-bond donors (Lipinski definition) is 16. The second-order valence-electron chi connectivity index (χ2n) is 15.7. The van der Waals surface area contributed by atoms with Crippen LogP contribution in [0.25, 0.3) is 0 Å². The largest absolute Gasteiger partial charge is 0.394 e. The number of nitrogens with one attached hydrogen (secondary N) is 2. The smallest absolute Gasteiger partial charge is 0.217 e. The molecule has 0 aromatic heterocycles. The Bertz CT molecular complexity index is 1460. The van der Waals surface area contributed by atoms with Gasteiger partial charge in [-0.25, -0.2) is 0 Å². The van der Waals surface area contributed by atoms with Crippen molar-refractivity contribution in [3.63, 3.8) is 0 Å². The molecule has 0 aliphatic carbocycles. The summed E-state index contributed by atoms with van der Waals surface area (Å²) in [4.78, 5) is 24.1. The first kappa shape index (κ1) is 52.0. The highest BCUT2D eigenvalue weighted by atomic mass is 16.8. The van der Waals surface area contributed by atoms with Crippen molar-refractivity contribution in [2.75, 3.05) is 40.1 Å². The summed E-state index contributed by atoms with van der Waals surface area (Å²) < 4.78 is 57.5. The molecule has 2 amide bonds. The maximum atomic E-state index is 12.0. The summed E-state index contributed by atoms with van der Waals surface area (Å²) in [5, 5.41) is 153. The lowest BCUT2D eigenvalue weighted by Gasteiger charge is -2.49. The minimum atomic E-state index is -2.11. The molecular weight excluding hydrogens is 864 g/mol. The summed E-state index contributed by atoms with van der Waals surface area (Å²) in [6.45, 7) is -2.03. The number of rotatable bonds is 16. The summed E-state index contributed by atoms with van der Waals surface area (Å²) >= 11 is 0. The van der Waals surface area contributed by atoms with Crippen molar-refractivity contribution >= 4 is 11.8 Å². The Morgan fingerprint density at radius 1 is 0.444 bits per heavy atom. The summed E-state index contributed by atoms with van der Waals surface area (Å²) in [7, 11) is 1.12. The van der Waals surface area contributed by atoms with Gasteiger partial charge in [0.1, 0.15) is 122 Å². The number of amides is 2. The highest BCUT2D eigenvalue weighted by Crippen LogP contribution is 2.35. The van der Waals surface area contributed by atoms with Crippen molar-refractivity contribution in [3.8, 4) is 0 Å². The van der Waals surface area contributed by atoms with E-state index in [2.05, 4.69) is 10.6 Å². The van der Waals surface area contributed by atoms with Crippen molar-refractivity contribution in [1.29, 1.82) is 0 Å². The fraction of sp³-hybridized carbons (Fsp3) is 0.943. The van der Waals surface area contributed by atoms with Crippen LogP contribution in [0.15, 0.2) is 0 Å². The zero-order valence-electron chi connectivity index (χ0n) is 34.1. The third kappa shape index (κ3) is 11.4. The topological polar surface area (TPSA) is 434 Å². The summed E-state index contributed by atoms with van der Waals surface area (Å²) in [6.07, 6.45) is -40.6. The normalized spacial score (nSPS) is 48.4. The molecule has 5 rings (SSSR count). The van der Waals surface area contributed by atoms with Gasteiger partial charge in [-0.1, -0.05) is 0 Å². The first-order valence-electron chi connectivity index (χ1n) is 20.0. The molecule has 0 aromatic carbocycles. The number of aliphatic hydroxyl groups is 14. The van der Waals surface area contributed by atoms with Gasteiger partial charge in [0, 0.05) is 21.0 Å². The number of carbonyl (C=O) groups excluding carboxylic acids is 2. The molecule has 5 aliphatic heterocycles. The van der Waals surface area contributed by atoms with Crippen LogP contribution in [-0.2, 0) is 57.0 Å². The van der Waals surface area contributed by atoms with Crippen LogP contribution in [0.1, 0.15) is 13.8 Å². The summed E-state index contributed by atoms with van der Waals surface area (Å²) in [5.74, 6) is -1.44. The van der Waals surface area contributed by atoms with E-state index in [-0.39, 0.29) is 0 Å². The van der Waals surface area contributed by atoms with Gasteiger partial charge < -0.3 is 129 Å². The molecule has 366 valence electrons. The van der Waals surface area contributed by atoms with E-state index in [1.165, 1.54) is 0 Å². The van der Waals surface area contributed by atoms with Crippen molar-refractivity contribution in [2.45, 2.75) is 167 Å². The van der Waals surface area contributed by atoms with Crippen molar-refractivity contribution in [3.05, 3.63) is 0 Å². The predicted molar refractivity (Wildman–Crippen MR) is 195 cm³/mol. The Balaban J connectivity index is 1.39. The Kier molecular flexibility index (Phi) is 18.7. The maximum Gasteiger partial charge on any atom is 0.217 e. The van der Waals surface area contributed by atoms with Gasteiger partial charge >= 0.3 is 0 Å². The van der Waals surface area contributed by atoms with Crippen LogP contribution in [0.2, 0.25) is 0 Å². The summed E-state index contributed by atoms with van der Waals surface area (Å²) in [6, 6.07) is -3.08. The number of aliphatic hydroxyl groups excluding tert-OH is 14. The van der Waals surface area contributed by atoms with E-state index in [9.17, 15) is 81.1 Å². The minimum Gasteiger partial charge on any atom is -0.394 e. The third-order valence-electron chi connectivity index (χ3n) is 11.4. The first-order valence-corrected chi connectivity index (χ1v) is 20.0. The number of hydrogen-bond acceptors (Lipinski definition) is 26. The molecule has 0 bridgehead atoms. The van der Waals surface area contributed by atoms with E-state index in [1.54, 1.807) is 0 Å². The predicted octanol–water partition coefficient (Wildman–Crippen LogP) is -11.0. The second-order valence-corrected chi connectivity index (χ2v) is 15.7. The lowest BCUT2D eigenvalue weighted by atomic mass is 9.95. The molecule has 5 fully saturated rings. The van der Waals surface area contributed by atoms with Crippen molar-refractivity contribution < 1.29 is 128 Å². The third-order valence-corrected chi connectivity index (χ3v) is 11.4. The molecule has 0 aromatic rings. The molecule has 25 atom stereocenters. The van der Waals surface area contributed by atoms with Crippen LogP contribution < -0.4 is 10.6 Å². The lowest BCUT2D eigenvalue weighted by molar-refractivity contribution is -0.386. The number of carbonyl (C=O) groups is 2. The van der Waals surface area contributed by atoms with Gasteiger partial charge in [0.2, 0.25) is 11.8 Å². The van der Waals surface area contributed by atoms with Crippen LogP contribution in [0.4, 0.5) is 0 Å². The average molecular weight is 925 g/mol. The average Bonchev–Trinajstić information content (AvgIpc) is 3.25. The molecule has 28 heteroatoms. The van der Waals surface area contributed by atoms with Gasteiger partial charge in [-0.3, -0.25) is 9.59 Å². The number of methoxy groups -OCH3 is 1. The fourth-order valence-electron chi connectivity index (χ4n) is 7.96. The molecule has 0 spiro atoms. The molecular formula is C35H60N2O26. The fourth-order valence-corrected chi connectivity index (χ4v) is 7.96. The second kappa shape index (κ2) is 22.6. The zero-order valence-corrected chi connectivity index (χ0v) is 34.1. The standard InChI is InChI=1S/C35H60N2O26/c1-9(42)36-16-22(48)18(44)11(4-38)57-32(16)62-29-24(50)20(46)13(6-40)59-34(29)55-8-15-27(54-3)28(26(52)31(53)56-15)61-35-30(25(51)21(47)14(7-41)60-35)63-33-17(37-10(2)43)23(49)19(45)12(5-39)58-33/h11-35,38-41,44-53H,4-8H2,1-3H3,(H,36,42)(H,37,43)/t11-,12-,13-,14-,15-,16-,17-,18-,19-,20-,21-,22-,23-,24+,25+,26+,27-,28-,29+,30+,31-,32+,33+,34+,35-/m1/s1. The van der Waals surface area contributed by atoms with Crippen molar-refractivity contribution in [2.24, 2.45) is 0 Å². The highest BCUT2D eigenvalue weighted by molar-refractivity contribution is 5.73. The Labute approximate surface area is 358 Å². The van der Waals surface area contributed by atoms with Crippen LogP contribution >= 0.6 is 0 Å². The number of ether oxygens (including phenoxy) is 10. The molecule has 28 nitrogen and oxygen atoms in total. The maximum absolute atomic E-state index is 12.0. The Hall–Kier alpha value is -2.02. The summed E-state index contributed by atoms with van der Waals surface area (Å²) in [5.41, 5.74) is 0.